The number of pyridine rings is 1. The smallest absolute Gasteiger partial charge is 0.258 e. The molecule has 0 saturated carbocycles. The molecule has 0 radical (unpaired) electrons. The number of hydrogen-bond acceptors (Lipinski definition) is 5. The normalized spacial score (nSPS) is 19.2. The highest BCUT2D eigenvalue weighted by Crippen LogP contribution is 2.38. The lowest BCUT2D eigenvalue weighted by molar-refractivity contribution is 0.170. The number of fused-ring (bicyclic) bond motifs is 2. The van der Waals surface area contributed by atoms with Gasteiger partial charge in [0.25, 0.3) is 5.56 Å². The monoisotopic (exact) mass is 441 g/mol. The third-order valence-electron chi connectivity index (χ3n) is 5.36. The highest BCUT2D eigenvalue weighted by molar-refractivity contribution is 9.10. The van der Waals surface area contributed by atoms with Gasteiger partial charge in [0.05, 0.1) is 5.69 Å². The van der Waals surface area contributed by atoms with Crippen LogP contribution in [0.15, 0.2) is 51.9 Å². The number of rotatable bonds is 3. The van der Waals surface area contributed by atoms with Gasteiger partial charge in [-0.15, -0.1) is 0 Å². The second-order valence-corrected chi connectivity index (χ2v) is 8.11. The largest absolute Gasteiger partial charge is 0.486 e. The van der Waals surface area contributed by atoms with E-state index in [0.717, 1.165) is 41.1 Å². The lowest BCUT2D eigenvalue weighted by Gasteiger charge is -2.26. The van der Waals surface area contributed by atoms with Crippen LogP contribution in [0.4, 0.5) is 0 Å². The molecule has 4 heterocycles. The SMILES string of the molecule is O=c1cc(CN2CCC[C@@H]2c2ccc3c(c2)OCCO3)nc2ccc(Br)cn12. The van der Waals surface area contributed by atoms with E-state index in [1.807, 2.05) is 18.2 Å². The fourth-order valence-corrected chi connectivity index (χ4v) is 4.41. The second kappa shape index (κ2) is 7.22. The van der Waals surface area contributed by atoms with E-state index in [1.54, 1.807) is 16.7 Å². The van der Waals surface area contributed by atoms with Crippen molar-refractivity contribution in [3.05, 3.63) is 68.7 Å². The maximum absolute atomic E-state index is 12.5. The molecule has 0 aliphatic carbocycles. The van der Waals surface area contributed by atoms with Gasteiger partial charge in [-0.05, 0) is 65.1 Å². The van der Waals surface area contributed by atoms with Crippen LogP contribution in [0.3, 0.4) is 0 Å². The maximum Gasteiger partial charge on any atom is 0.258 e. The van der Waals surface area contributed by atoms with Crippen molar-refractivity contribution in [3.63, 3.8) is 0 Å². The van der Waals surface area contributed by atoms with E-state index >= 15 is 0 Å². The van der Waals surface area contributed by atoms with Gasteiger partial charge in [-0.2, -0.15) is 0 Å². The average molecular weight is 442 g/mol. The molecule has 1 aromatic carbocycles. The van der Waals surface area contributed by atoms with Gasteiger partial charge in [0.1, 0.15) is 18.9 Å². The zero-order valence-corrected chi connectivity index (χ0v) is 16.9. The van der Waals surface area contributed by atoms with Gasteiger partial charge in [-0.1, -0.05) is 6.07 Å². The van der Waals surface area contributed by atoms with Crippen LogP contribution in [-0.2, 0) is 6.54 Å². The van der Waals surface area contributed by atoms with Crippen LogP contribution in [0, 0.1) is 0 Å². The molecule has 1 atom stereocenters. The Kier molecular flexibility index (Phi) is 4.56. The molecule has 6 nitrogen and oxygen atoms in total. The van der Waals surface area contributed by atoms with Crippen molar-refractivity contribution in [1.82, 2.24) is 14.3 Å². The van der Waals surface area contributed by atoms with E-state index in [1.165, 1.54) is 5.56 Å². The van der Waals surface area contributed by atoms with Crippen molar-refractivity contribution in [3.8, 4) is 11.5 Å². The van der Waals surface area contributed by atoms with E-state index in [0.29, 0.717) is 31.4 Å². The van der Waals surface area contributed by atoms with Crippen LogP contribution >= 0.6 is 15.9 Å². The van der Waals surface area contributed by atoms with Gasteiger partial charge in [-0.25, -0.2) is 4.98 Å². The molecule has 28 heavy (non-hydrogen) atoms. The Hall–Kier alpha value is -2.38. The first-order chi connectivity index (χ1) is 13.7. The molecular weight excluding hydrogens is 422 g/mol. The number of ether oxygens (including phenoxy) is 2. The second-order valence-electron chi connectivity index (χ2n) is 7.19. The van der Waals surface area contributed by atoms with Gasteiger partial charge < -0.3 is 9.47 Å². The third kappa shape index (κ3) is 3.29. The van der Waals surface area contributed by atoms with Crippen molar-refractivity contribution in [2.45, 2.75) is 25.4 Å². The minimum atomic E-state index is -0.0589. The standard InChI is InChI=1S/C21H20BrN3O3/c22-15-4-6-20-23-16(11-21(26)25(20)12-15)13-24-7-1-2-17(24)14-3-5-18-19(10-14)28-9-8-27-18/h3-6,10-12,17H,1-2,7-9,13H2/t17-/m1/s1. The molecule has 2 aromatic heterocycles. The summed E-state index contributed by atoms with van der Waals surface area (Å²) >= 11 is 3.40. The number of benzene rings is 1. The van der Waals surface area contributed by atoms with Gasteiger partial charge in [0.15, 0.2) is 11.5 Å². The molecule has 3 aromatic rings. The number of hydrogen-bond donors (Lipinski definition) is 0. The van der Waals surface area contributed by atoms with Gasteiger partial charge in [-0.3, -0.25) is 14.1 Å². The molecule has 5 rings (SSSR count). The Morgan fingerprint density at radius 2 is 1.96 bits per heavy atom. The number of nitrogens with zero attached hydrogens (tertiary/aromatic N) is 3. The average Bonchev–Trinajstić information content (AvgIpc) is 3.16. The summed E-state index contributed by atoms with van der Waals surface area (Å²) in [5.41, 5.74) is 2.64. The lowest BCUT2D eigenvalue weighted by atomic mass is 10.0. The molecule has 0 amide bonds. The molecule has 2 aliphatic rings. The summed E-state index contributed by atoms with van der Waals surface area (Å²) < 4.78 is 13.8. The summed E-state index contributed by atoms with van der Waals surface area (Å²) in [6, 6.07) is 11.9. The molecule has 0 spiro atoms. The Bertz CT molecular complexity index is 1100. The predicted molar refractivity (Wildman–Crippen MR) is 109 cm³/mol. The summed E-state index contributed by atoms with van der Waals surface area (Å²) in [6.07, 6.45) is 3.96. The van der Waals surface area contributed by atoms with Crippen molar-refractivity contribution in [2.24, 2.45) is 0 Å². The van der Waals surface area contributed by atoms with Gasteiger partial charge >= 0.3 is 0 Å². The van der Waals surface area contributed by atoms with Gasteiger partial charge in [0, 0.05) is 29.3 Å². The first-order valence-electron chi connectivity index (χ1n) is 9.49. The summed E-state index contributed by atoms with van der Waals surface area (Å²) in [5, 5.41) is 0. The topological polar surface area (TPSA) is 56.1 Å². The first-order valence-corrected chi connectivity index (χ1v) is 10.3. The third-order valence-corrected chi connectivity index (χ3v) is 5.83. The van der Waals surface area contributed by atoms with Crippen molar-refractivity contribution in [2.75, 3.05) is 19.8 Å². The number of halogens is 1. The molecule has 2 aliphatic heterocycles. The maximum atomic E-state index is 12.5. The number of aromatic nitrogens is 2. The Labute approximate surface area is 170 Å². The highest BCUT2D eigenvalue weighted by Gasteiger charge is 2.28. The lowest BCUT2D eigenvalue weighted by Crippen LogP contribution is -2.25. The van der Waals surface area contributed by atoms with Crippen LogP contribution < -0.4 is 15.0 Å². The number of likely N-dealkylation sites (tertiary alicyclic amines) is 1. The predicted octanol–water partition coefficient (Wildman–Crippen LogP) is 3.57. The molecule has 0 unspecified atom stereocenters. The summed E-state index contributed by atoms with van der Waals surface area (Å²) in [6.45, 7) is 2.83. The fraction of sp³-hybridized carbons (Fsp3) is 0.333. The van der Waals surface area contributed by atoms with Crippen LogP contribution in [0.2, 0.25) is 0 Å². The Morgan fingerprint density at radius 3 is 2.86 bits per heavy atom. The quantitative estimate of drug-likeness (QED) is 0.621. The van der Waals surface area contributed by atoms with Crippen LogP contribution in [0.25, 0.3) is 5.65 Å². The van der Waals surface area contributed by atoms with E-state index in [2.05, 4.69) is 33.0 Å². The van der Waals surface area contributed by atoms with Crippen LogP contribution in [-0.4, -0.2) is 34.0 Å². The molecule has 0 bridgehead atoms. The van der Waals surface area contributed by atoms with E-state index < -0.39 is 0 Å². The molecule has 1 saturated heterocycles. The first kappa shape index (κ1) is 17.7. The molecule has 1 fully saturated rings. The molecule has 7 heteroatoms. The Morgan fingerprint density at radius 1 is 1.11 bits per heavy atom. The van der Waals surface area contributed by atoms with E-state index in [4.69, 9.17) is 14.5 Å². The zero-order valence-electron chi connectivity index (χ0n) is 15.3. The molecular formula is C21H20BrN3O3. The zero-order chi connectivity index (χ0) is 19.1. The van der Waals surface area contributed by atoms with Gasteiger partial charge in [0.2, 0.25) is 0 Å². The van der Waals surface area contributed by atoms with E-state index in [-0.39, 0.29) is 5.56 Å². The van der Waals surface area contributed by atoms with Crippen molar-refractivity contribution < 1.29 is 9.47 Å². The minimum Gasteiger partial charge on any atom is -0.486 e. The minimum absolute atomic E-state index is 0.0589. The summed E-state index contributed by atoms with van der Waals surface area (Å²) in [5.74, 6) is 1.64. The molecule has 0 N–H and O–H groups in total. The van der Waals surface area contributed by atoms with Crippen LogP contribution in [0.5, 0.6) is 11.5 Å². The summed E-state index contributed by atoms with van der Waals surface area (Å²) in [7, 11) is 0. The van der Waals surface area contributed by atoms with Crippen molar-refractivity contribution in [1.29, 1.82) is 0 Å². The Balaban J connectivity index is 1.42. The van der Waals surface area contributed by atoms with Crippen LogP contribution in [0.1, 0.15) is 30.1 Å². The fourth-order valence-electron chi connectivity index (χ4n) is 4.08. The molecule has 144 valence electrons. The highest BCUT2D eigenvalue weighted by atomic mass is 79.9. The van der Waals surface area contributed by atoms with Crippen molar-refractivity contribution >= 4 is 21.6 Å². The van der Waals surface area contributed by atoms with E-state index in [9.17, 15) is 4.79 Å². The summed E-state index contributed by atoms with van der Waals surface area (Å²) in [4.78, 5) is 19.6.